The van der Waals surface area contributed by atoms with Gasteiger partial charge >= 0.3 is 0 Å². The van der Waals surface area contributed by atoms with Gasteiger partial charge in [0.2, 0.25) is 0 Å². The summed E-state index contributed by atoms with van der Waals surface area (Å²) in [7, 11) is 0. The first-order valence-corrected chi connectivity index (χ1v) is 13.3. The van der Waals surface area contributed by atoms with Gasteiger partial charge in [0.05, 0.1) is 11.1 Å². The van der Waals surface area contributed by atoms with Gasteiger partial charge in [-0.05, 0) is 45.9 Å². The number of aromatic nitrogens is 3. The highest BCUT2D eigenvalue weighted by Gasteiger charge is 2.44. The number of thiophene rings is 1. The maximum atomic E-state index is 4.91. The first kappa shape index (κ1) is 21.8. The number of nitrogens with zero attached hydrogens (tertiary/aromatic N) is 3. The van der Waals surface area contributed by atoms with Gasteiger partial charge in [-0.25, -0.2) is 0 Å². The summed E-state index contributed by atoms with van der Waals surface area (Å²) in [5.41, 5.74) is 6.93. The van der Waals surface area contributed by atoms with Crippen LogP contribution in [0.5, 0.6) is 0 Å². The Morgan fingerprint density at radius 1 is 0.649 bits per heavy atom. The summed E-state index contributed by atoms with van der Waals surface area (Å²) in [6.07, 6.45) is 5.36. The number of allylic oxidation sites excluding steroid dienone is 1. The van der Waals surface area contributed by atoms with Crippen molar-refractivity contribution >= 4 is 27.5 Å². The van der Waals surface area contributed by atoms with E-state index in [4.69, 9.17) is 5.10 Å². The molecule has 3 nitrogen and oxygen atoms in total. The molecule has 2 heterocycles. The zero-order chi connectivity index (χ0) is 24.7. The fourth-order valence-electron chi connectivity index (χ4n) is 5.70. The van der Waals surface area contributed by atoms with Gasteiger partial charge in [0.25, 0.3) is 0 Å². The molecule has 0 aliphatic heterocycles. The molecular formula is C33H23N3S. The lowest BCUT2D eigenvalue weighted by Crippen LogP contribution is -2.33. The number of hydrogen-bond donors (Lipinski definition) is 0. The zero-order valence-electron chi connectivity index (χ0n) is 20.1. The van der Waals surface area contributed by atoms with E-state index in [0.29, 0.717) is 0 Å². The molecule has 1 aliphatic rings. The maximum absolute atomic E-state index is 4.91. The minimum atomic E-state index is -0.518. The number of hydrogen-bond acceptors (Lipinski definition) is 4. The molecule has 0 saturated carbocycles. The van der Waals surface area contributed by atoms with E-state index < -0.39 is 5.41 Å². The minimum absolute atomic E-state index is 0.518. The number of fused-ring (bicyclic) bond motifs is 3. The van der Waals surface area contributed by atoms with Gasteiger partial charge in [0.15, 0.2) is 0 Å². The van der Waals surface area contributed by atoms with Gasteiger partial charge in [0.1, 0.15) is 5.69 Å². The third-order valence-electron chi connectivity index (χ3n) is 7.29. The molecule has 176 valence electrons. The summed E-state index contributed by atoms with van der Waals surface area (Å²) >= 11 is 1.84. The van der Waals surface area contributed by atoms with Crippen molar-refractivity contribution in [2.24, 2.45) is 0 Å². The third kappa shape index (κ3) is 3.45. The van der Waals surface area contributed by atoms with Crippen molar-refractivity contribution in [3.05, 3.63) is 143 Å². The predicted octanol–water partition coefficient (Wildman–Crippen LogP) is 8.17. The maximum Gasteiger partial charge on any atom is 0.104 e. The molecule has 0 N–H and O–H groups in total. The van der Waals surface area contributed by atoms with Crippen LogP contribution in [0.4, 0.5) is 0 Å². The van der Waals surface area contributed by atoms with Crippen LogP contribution < -0.4 is 0 Å². The van der Waals surface area contributed by atoms with Gasteiger partial charge < -0.3 is 0 Å². The minimum Gasteiger partial charge on any atom is -0.136 e. The monoisotopic (exact) mass is 493 g/mol. The van der Waals surface area contributed by atoms with Gasteiger partial charge in [-0.1, -0.05) is 115 Å². The summed E-state index contributed by atoms with van der Waals surface area (Å²) in [6, 6.07) is 40.3. The van der Waals surface area contributed by atoms with E-state index in [9.17, 15) is 0 Å². The molecular weight excluding hydrogens is 470 g/mol. The standard InChI is InChI=1S/C33H23N3S/c1-4-13-23(14-5-1)29-31(24-15-6-2-7-16-24)34-36-35-32(29)33(25-17-8-3-9-18-25)22-12-21-28-30(33)26-19-10-11-20-27(26)37-28/h1-21H,22H2. The van der Waals surface area contributed by atoms with E-state index in [1.807, 2.05) is 35.6 Å². The molecule has 7 rings (SSSR count). The van der Waals surface area contributed by atoms with Crippen molar-refractivity contribution in [3.8, 4) is 22.4 Å². The summed E-state index contributed by atoms with van der Waals surface area (Å²) in [6.45, 7) is 0. The average molecular weight is 494 g/mol. The highest BCUT2D eigenvalue weighted by molar-refractivity contribution is 7.20. The average Bonchev–Trinajstić information content (AvgIpc) is 3.37. The van der Waals surface area contributed by atoms with E-state index in [1.165, 1.54) is 26.1 Å². The number of benzene rings is 4. The van der Waals surface area contributed by atoms with E-state index in [2.05, 4.69) is 113 Å². The van der Waals surface area contributed by atoms with Crippen LogP contribution >= 0.6 is 11.3 Å². The highest BCUT2D eigenvalue weighted by atomic mass is 32.1. The van der Waals surface area contributed by atoms with E-state index >= 15 is 0 Å². The van der Waals surface area contributed by atoms with Crippen molar-refractivity contribution in [3.63, 3.8) is 0 Å². The van der Waals surface area contributed by atoms with Crippen LogP contribution in [-0.2, 0) is 5.41 Å². The van der Waals surface area contributed by atoms with Crippen molar-refractivity contribution in [1.82, 2.24) is 15.4 Å². The van der Waals surface area contributed by atoms with E-state index in [-0.39, 0.29) is 0 Å². The fraction of sp³-hybridized carbons (Fsp3) is 0.0606. The van der Waals surface area contributed by atoms with Crippen molar-refractivity contribution < 1.29 is 0 Å². The molecule has 0 bridgehead atoms. The topological polar surface area (TPSA) is 38.7 Å². The summed E-state index contributed by atoms with van der Waals surface area (Å²) in [5.74, 6) is 0. The molecule has 0 radical (unpaired) electrons. The molecule has 1 atom stereocenters. The Bertz CT molecular complexity index is 1740. The molecule has 1 unspecified atom stereocenters. The Morgan fingerprint density at radius 3 is 2.05 bits per heavy atom. The second kappa shape index (κ2) is 8.91. The lowest BCUT2D eigenvalue weighted by molar-refractivity contribution is 0.589. The lowest BCUT2D eigenvalue weighted by Gasteiger charge is -2.37. The molecule has 37 heavy (non-hydrogen) atoms. The summed E-state index contributed by atoms with van der Waals surface area (Å²) in [5, 5.41) is 15.2. The Labute approximate surface area is 219 Å². The molecule has 0 fully saturated rings. The van der Waals surface area contributed by atoms with Crippen molar-refractivity contribution in [1.29, 1.82) is 0 Å². The predicted molar refractivity (Wildman–Crippen MR) is 152 cm³/mol. The van der Waals surface area contributed by atoms with E-state index in [0.717, 1.165) is 34.5 Å². The van der Waals surface area contributed by atoms with Gasteiger partial charge in [-0.3, -0.25) is 0 Å². The van der Waals surface area contributed by atoms with Crippen LogP contribution in [0.25, 0.3) is 38.5 Å². The molecule has 0 amide bonds. The molecule has 0 spiro atoms. The Hall–Kier alpha value is -4.41. The van der Waals surface area contributed by atoms with Crippen LogP contribution in [0.3, 0.4) is 0 Å². The van der Waals surface area contributed by atoms with Gasteiger partial charge in [-0.15, -0.1) is 21.5 Å². The molecule has 1 aliphatic carbocycles. The largest absolute Gasteiger partial charge is 0.136 e. The summed E-state index contributed by atoms with van der Waals surface area (Å²) in [4.78, 5) is 1.27. The Morgan fingerprint density at radius 2 is 1.30 bits per heavy atom. The zero-order valence-corrected chi connectivity index (χ0v) is 20.9. The quantitative estimate of drug-likeness (QED) is 0.249. The first-order valence-electron chi connectivity index (χ1n) is 12.4. The SMILES string of the molecule is C1=Cc2sc3ccccc3c2C(c2ccccc2)(c2nnnc(-c3ccccc3)c2-c2ccccc2)C1. The smallest absolute Gasteiger partial charge is 0.104 e. The van der Waals surface area contributed by atoms with Gasteiger partial charge in [0, 0.05) is 20.7 Å². The Balaban J connectivity index is 1.65. The summed E-state index contributed by atoms with van der Waals surface area (Å²) < 4.78 is 1.28. The molecule has 0 saturated heterocycles. The van der Waals surface area contributed by atoms with Crippen LogP contribution in [0.2, 0.25) is 0 Å². The molecule has 2 aromatic heterocycles. The van der Waals surface area contributed by atoms with Crippen LogP contribution in [-0.4, -0.2) is 15.4 Å². The van der Waals surface area contributed by atoms with Gasteiger partial charge in [-0.2, -0.15) is 0 Å². The number of rotatable bonds is 4. The van der Waals surface area contributed by atoms with E-state index in [1.54, 1.807) is 0 Å². The van der Waals surface area contributed by atoms with Crippen molar-refractivity contribution in [2.75, 3.05) is 0 Å². The van der Waals surface area contributed by atoms with Crippen LogP contribution in [0.15, 0.2) is 121 Å². The molecule has 4 heteroatoms. The second-order valence-corrected chi connectivity index (χ2v) is 10.4. The first-order chi connectivity index (χ1) is 18.4. The van der Waals surface area contributed by atoms with Crippen LogP contribution in [0, 0.1) is 0 Å². The van der Waals surface area contributed by atoms with Crippen LogP contribution in [0.1, 0.15) is 28.1 Å². The normalized spacial score (nSPS) is 16.5. The third-order valence-corrected chi connectivity index (χ3v) is 8.42. The Kier molecular flexibility index (Phi) is 5.26. The second-order valence-electron chi connectivity index (χ2n) is 9.31. The molecule has 6 aromatic rings. The molecule has 4 aromatic carbocycles. The highest BCUT2D eigenvalue weighted by Crippen LogP contribution is 2.54. The van der Waals surface area contributed by atoms with Crippen molar-refractivity contribution in [2.45, 2.75) is 11.8 Å². The fourth-order valence-corrected chi connectivity index (χ4v) is 6.92. The lowest BCUT2D eigenvalue weighted by atomic mass is 9.65.